The lowest BCUT2D eigenvalue weighted by Crippen LogP contribution is -2.17. The SMILES string of the molecule is CCOC(=O)c1c(CO)c(C(=O)O)c(C)c(C)c1-c1ccccc1Cl. The highest BCUT2D eigenvalue weighted by atomic mass is 35.5. The maximum atomic E-state index is 12.6. The van der Waals surface area contributed by atoms with Gasteiger partial charge in [-0.3, -0.25) is 0 Å². The fourth-order valence-electron chi connectivity index (χ4n) is 2.94. The third-order valence-corrected chi connectivity index (χ3v) is 4.49. The van der Waals surface area contributed by atoms with Gasteiger partial charge in [-0.1, -0.05) is 29.8 Å². The fourth-order valence-corrected chi connectivity index (χ4v) is 3.17. The summed E-state index contributed by atoms with van der Waals surface area (Å²) in [5.41, 5.74) is 2.13. The van der Waals surface area contributed by atoms with Crippen molar-refractivity contribution < 1.29 is 24.5 Å². The summed E-state index contributed by atoms with van der Waals surface area (Å²) in [6.45, 7) is 4.55. The van der Waals surface area contributed by atoms with Gasteiger partial charge in [-0.25, -0.2) is 9.59 Å². The summed E-state index contributed by atoms with van der Waals surface area (Å²) in [6.07, 6.45) is 0. The molecule has 0 radical (unpaired) electrons. The Morgan fingerprint density at radius 1 is 1.12 bits per heavy atom. The zero-order valence-electron chi connectivity index (χ0n) is 14.2. The van der Waals surface area contributed by atoms with E-state index >= 15 is 0 Å². The van der Waals surface area contributed by atoms with Crippen LogP contribution in [-0.4, -0.2) is 28.8 Å². The Labute approximate surface area is 150 Å². The summed E-state index contributed by atoms with van der Waals surface area (Å²) in [5.74, 6) is -1.90. The van der Waals surface area contributed by atoms with E-state index in [9.17, 15) is 19.8 Å². The van der Waals surface area contributed by atoms with Gasteiger partial charge in [0.15, 0.2) is 0 Å². The van der Waals surface area contributed by atoms with Gasteiger partial charge in [0.1, 0.15) is 0 Å². The van der Waals surface area contributed by atoms with E-state index in [1.807, 2.05) is 0 Å². The van der Waals surface area contributed by atoms with E-state index in [0.717, 1.165) is 0 Å². The molecule has 0 unspecified atom stereocenters. The van der Waals surface area contributed by atoms with Crippen LogP contribution in [0.25, 0.3) is 11.1 Å². The van der Waals surface area contributed by atoms with E-state index in [2.05, 4.69) is 0 Å². The molecule has 0 spiro atoms. The smallest absolute Gasteiger partial charge is 0.339 e. The van der Waals surface area contributed by atoms with Crippen LogP contribution in [0.1, 0.15) is 44.3 Å². The number of hydrogen-bond acceptors (Lipinski definition) is 4. The predicted molar refractivity (Wildman–Crippen MR) is 95.2 cm³/mol. The third kappa shape index (κ3) is 3.38. The number of carbonyl (C=O) groups excluding carboxylic acids is 1. The van der Waals surface area contributed by atoms with Crippen LogP contribution >= 0.6 is 11.6 Å². The normalized spacial score (nSPS) is 10.6. The summed E-state index contributed by atoms with van der Waals surface area (Å²) in [5, 5.41) is 19.8. The standard InChI is InChI=1S/C19H19ClO5/c1-4-25-19(24)17-13(9-21)16(18(22)23)11(3)10(2)15(17)12-7-5-6-8-14(12)20/h5-8,21H,4,9H2,1-3H3,(H,22,23). The van der Waals surface area contributed by atoms with Crippen LogP contribution in [0.15, 0.2) is 24.3 Å². The van der Waals surface area contributed by atoms with E-state index in [4.69, 9.17) is 16.3 Å². The maximum Gasteiger partial charge on any atom is 0.339 e. The molecule has 0 aromatic heterocycles. The Kier molecular flexibility index (Phi) is 5.82. The van der Waals surface area contributed by atoms with Gasteiger partial charge in [0.2, 0.25) is 0 Å². The number of ether oxygens (including phenoxy) is 1. The number of carboxylic acid groups (broad SMARTS) is 1. The van der Waals surface area contributed by atoms with Crippen molar-refractivity contribution in [3.63, 3.8) is 0 Å². The fraction of sp³-hybridized carbons (Fsp3) is 0.263. The monoisotopic (exact) mass is 362 g/mol. The van der Waals surface area contributed by atoms with Gasteiger partial charge >= 0.3 is 11.9 Å². The van der Waals surface area contributed by atoms with E-state index in [-0.39, 0.29) is 23.3 Å². The lowest BCUT2D eigenvalue weighted by atomic mass is 9.84. The number of aliphatic hydroxyl groups is 1. The van der Waals surface area contributed by atoms with Crippen molar-refractivity contribution in [3.05, 3.63) is 57.1 Å². The number of hydrogen-bond donors (Lipinski definition) is 2. The first-order valence-corrected chi connectivity index (χ1v) is 8.15. The number of rotatable bonds is 5. The highest BCUT2D eigenvalue weighted by Crippen LogP contribution is 2.38. The molecular formula is C19H19ClO5. The van der Waals surface area contributed by atoms with E-state index < -0.39 is 18.5 Å². The summed E-state index contributed by atoms with van der Waals surface area (Å²) in [6, 6.07) is 6.96. The van der Waals surface area contributed by atoms with Crippen molar-refractivity contribution >= 4 is 23.5 Å². The van der Waals surface area contributed by atoms with Crippen LogP contribution in [-0.2, 0) is 11.3 Å². The van der Waals surface area contributed by atoms with Crippen LogP contribution in [0.2, 0.25) is 5.02 Å². The molecule has 0 aliphatic rings. The number of aromatic carboxylic acids is 1. The Hall–Kier alpha value is -2.37. The molecule has 6 heteroatoms. The zero-order valence-corrected chi connectivity index (χ0v) is 15.0. The molecule has 0 fully saturated rings. The van der Waals surface area contributed by atoms with Gasteiger partial charge in [0.25, 0.3) is 0 Å². The molecule has 0 aliphatic carbocycles. The number of carboxylic acids is 1. The van der Waals surface area contributed by atoms with Crippen LogP contribution in [0, 0.1) is 13.8 Å². The number of benzene rings is 2. The highest BCUT2D eigenvalue weighted by Gasteiger charge is 2.29. The minimum absolute atomic E-state index is 0.0315. The number of aliphatic hydroxyl groups excluding tert-OH is 1. The molecule has 132 valence electrons. The number of halogens is 1. The summed E-state index contributed by atoms with van der Waals surface area (Å²) < 4.78 is 5.12. The second-order valence-electron chi connectivity index (χ2n) is 5.52. The lowest BCUT2D eigenvalue weighted by Gasteiger charge is -2.21. The number of carbonyl (C=O) groups is 2. The molecule has 0 amide bonds. The van der Waals surface area contributed by atoms with E-state index in [1.54, 1.807) is 45.0 Å². The Morgan fingerprint density at radius 2 is 1.76 bits per heavy atom. The van der Waals surface area contributed by atoms with Crippen molar-refractivity contribution in [3.8, 4) is 11.1 Å². The van der Waals surface area contributed by atoms with E-state index in [0.29, 0.717) is 27.3 Å². The summed E-state index contributed by atoms with van der Waals surface area (Å²) >= 11 is 6.30. The van der Waals surface area contributed by atoms with Crippen LogP contribution in [0.3, 0.4) is 0 Å². The zero-order chi connectivity index (χ0) is 18.7. The summed E-state index contributed by atoms with van der Waals surface area (Å²) in [4.78, 5) is 24.3. The second kappa shape index (κ2) is 7.68. The maximum absolute atomic E-state index is 12.6. The number of esters is 1. The molecular weight excluding hydrogens is 344 g/mol. The molecule has 0 aliphatic heterocycles. The van der Waals surface area contributed by atoms with Gasteiger partial charge in [0, 0.05) is 21.7 Å². The molecule has 0 saturated carbocycles. The molecule has 2 aromatic rings. The first kappa shape index (κ1) is 19.0. The average molecular weight is 363 g/mol. The van der Waals surface area contributed by atoms with Crippen LogP contribution in [0.4, 0.5) is 0 Å². The van der Waals surface area contributed by atoms with Crippen molar-refractivity contribution in [1.29, 1.82) is 0 Å². The minimum atomic E-state index is -1.21. The first-order chi connectivity index (χ1) is 11.8. The molecule has 2 aromatic carbocycles. The lowest BCUT2D eigenvalue weighted by molar-refractivity contribution is 0.0523. The van der Waals surface area contributed by atoms with Crippen molar-refractivity contribution in [2.24, 2.45) is 0 Å². The average Bonchev–Trinajstić information content (AvgIpc) is 2.57. The third-order valence-electron chi connectivity index (χ3n) is 4.16. The molecule has 0 saturated heterocycles. The molecule has 25 heavy (non-hydrogen) atoms. The molecule has 5 nitrogen and oxygen atoms in total. The Bertz CT molecular complexity index is 842. The predicted octanol–water partition coefficient (Wildman–Crippen LogP) is 3.99. The molecule has 0 bridgehead atoms. The van der Waals surface area contributed by atoms with Gasteiger partial charge in [-0.2, -0.15) is 0 Å². The van der Waals surface area contributed by atoms with Gasteiger partial charge in [-0.15, -0.1) is 0 Å². The Balaban J connectivity index is 3.00. The van der Waals surface area contributed by atoms with E-state index in [1.165, 1.54) is 0 Å². The van der Waals surface area contributed by atoms with Gasteiger partial charge in [-0.05, 0) is 38.0 Å². The second-order valence-corrected chi connectivity index (χ2v) is 5.92. The van der Waals surface area contributed by atoms with Crippen molar-refractivity contribution in [2.75, 3.05) is 6.61 Å². The van der Waals surface area contributed by atoms with Crippen molar-refractivity contribution in [2.45, 2.75) is 27.4 Å². The molecule has 0 atom stereocenters. The molecule has 0 heterocycles. The summed E-state index contributed by atoms with van der Waals surface area (Å²) in [7, 11) is 0. The van der Waals surface area contributed by atoms with Crippen LogP contribution < -0.4 is 0 Å². The molecule has 2 N–H and O–H groups in total. The van der Waals surface area contributed by atoms with Gasteiger partial charge < -0.3 is 14.9 Å². The topological polar surface area (TPSA) is 83.8 Å². The van der Waals surface area contributed by atoms with Crippen LogP contribution in [0.5, 0.6) is 0 Å². The van der Waals surface area contributed by atoms with Crippen molar-refractivity contribution in [1.82, 2.24) is 0 Å². The first-order valence-electron chi connectivity index (χ1n) is 7.77. The Morgan fingerprint density at radius 3 is 2.28 bits per heavy atom. The highest BCUT2D eigenvalue weighted by molar-refractivity contribution is 6.33. The van der Waals surface area contributed by atoms with Gasteiger partial charge in [0.05, 0.1) is 24.3 Å². The largest absolute Gasteiger partial charge is 0.478 e. The quantitative estimate of drug-likeness (QED) is 0.785. The minimum Gasteiger partial charge on any atom is -0.478 e. The molecule has 2 rings (SSSR count).